The smallest absolute Gasteiger partial charge is 0.229 e. The summed E-state index contributed by atoms with van der Waals surface area (Å²) in [5.41, 5.74) is 0.710. The Balaban J connectivity index is 1.84. The first-order chi connectivity index (χ1) is 9.80. The molecule has 0 radical (unpaired) electrons. The van der Waals surface area contributed by atoms with Crippen molar-refractivity contribution in [2.45, 2.75) is 45.1 Å². The van der Waals surface area contributed by atoms with Crippen molar-refractivity contribution in [1.29, 1.82) is 0 Å². The molecule has 1 aliphatic rings. The van der Waals surface area contributed by atoms with Crippen LogP contribution in [-0.4, -0.2) is 33.3 Å². The molecule has 6 heteroatoms. The average Bonchev–Trinajstić information content (AvgIpc) is 2.96. The summed E-state index contributed by atoms with van der Waals surface area (Å²) < 4.78 is 6.15. The third-order valence-corrected chi connectivity index (χ3v) is 4.09. The SMILES string of the molecule is CCC1CCCC(Oc2nc(NC)nc3[nH]ncc23)C1. The molecule has 1 fully saturated rings. The maximum Gasteiger partial charge on any atom is 0.229 e. The second-order valence-electron chi connectivity index (χ2n) is 5.42. The van der Waals surface area contributed by atoms with Gasteiger partial charge in [0.1, 0.15) is 11.5 Å². The largest absolute Gasteiger partial charge is 0.474 e. The lowest BCUT2D eigenvalue weighted by atomic mass is 9.85. The standard InChI is InChI=1S/C14H21N5O/c1-3-9-5-4-6-10(7-9)20-13-11-8-16-19-12(11)17-14(15-2)18-13/h8-10H,3-7H2,1-2H3,(H2,15,16,17,18,19). The minimum absolute atomic E-state index is 0.256. The summed E-state index contributed by atoms with van der Waals surface area (Å²) in [5, 5.41) is 10.7. The van der Waals surface area contributed by atoms with Crippen LogP contribution in [0.4, 0.5) is 5.95 Å². The summed E-state index contributed by atoms with van der Waals surface area (Å²) in [7, 11) is 1.80. The molecule has 2 aromatic rings. The van der Waals surface area contributed by atoms with Gasteiger partial charge in [0.15, 0.2) is 5.65 Å². The van der Waals surface area contributed by atoms with Crippen LogP contribution in [0, 0.1) is 5.92 Å². The maximum absolute atomic E-state index is 6.15. The molecule has 3 rings (SSSR count). The van der Waals surface area contributed by atoms with Crippen molar-refractivity contribution < 1.29 is 4.74 Å². The van der Waals surface area contributed by atoms with E-state index in [0.29, 0.717) is 17.5 Å². The fourth-order valence-electron chi connectivity index (χ4n) is 2.89. The van der Waals surface area contributed by atoms with Gasteiger partial charge in [-0.1, -0.05) is 19.8 Å². The zero-order valence-electron chi connectivity index (χ0n) is 12.0. The molecule has 2 unspecified atom stereocenters. The molecule has 0 saturated heterocycles. The van der Waals surface area contributed by atoms with Crippen LogP contribution in [0.1, 0.15) is 39.0 Å². The highest BCUT2D eigenvalue weighted by Crippen LogP contribution is 2.31. The first-order valence-corrected chi connectivity index (χ1v) is 7.35. The number of aromatic nitrogens is 4. The normalized spacial score (nSPS) is 22.9. The van der Waals surface area contributed by atoms with Gasteiger partial charge < -0.3 is 10.1 Å². The van der Waals surface area contributed by atoms with Gasteiger partial charge in [-0.3, -0.25) is 5.10 Å². The third kappa shape index (κ3) is 2.55. The molecule has 1 aliphatic carbocycles. The van der Waals surface area contributed by atoms with Gasteiger partial charge in [-0.2, -0.15) is 15.1 Å². The number of fused-ring (bicyclic) bond motifs is 1. The molecule has 2 aromatic heterocycles. The van der Waals surface area contributed by atoms with E-state index in [9.17, 15) is 0 Å². The Kier molecular flexibility index (Phi) is 3.71. The minimum atomic E-state index is 0.256. The summed E-state index contributed by atoms with van der Waals surface area (Å²) in [6, 6.07) is 0. The van der Waals surface area contributed by atoms with Crippen LogP contribution >= 0.6 is 0 Å². The Hall–Kier alpha value is -1.85. The van der Waals surface area contributed by atoms with Crippen LogP contribution in [0.25, 0.3) is 11.0 Å². The highest BCUT2D eigenvalue weighted by atomic mass is 16.5. The van der Waals surface area contributed by atoms with Gasteiger partial charge in [0, 0.05) is 7.05 Å². The van der Waals surface area contributed by atoms with E-state index in [-0.39, 0.29) is 6.10 Å². The van der Waals surface area contributed by atoms with Gasteiger partial charge in [0.25, 0.3) is 0 Å². The summed E-state index contributed by atoms with van der Waals surface area (Å²) in [4.78, 5) is 8.75. The number of nitrogens with one attached hydrogen (secondary N) is 2. The molecule has 1 saturated carbocycles. The number of aromatic amines is 1. The quantitative estimate of drug-likeness (QED) is 0.897. The summed E-state index contributed by atoms with van der Waals surface area (Å²) in [5.74, 6) is 1.97. The zero-order chi connectivity index (χ0) is 13.9. The fourth-order valence-corrected chi connectivity index (χ4v) is 2.89. The number of hydrogen-bond donors (Lipinski definition) is 2. The number of ether oxygens (including phenoxy) is 1. The van der Waals surface area contributed by atoms with E-state index in [1.807, 2.05) is 0 Å². The summed E-state index contributed by atoms with van der Waals surface area (Å²) in [6.45, 7) is 2.26. The van der Waals surface area contributed by atoms with E-state index < -0.39 is 0 Å². The molecule has 6 nitrogen and oxygen atoms in total. The first kappa shape index (κ1) is 13.1. The Morgan fingerprint density at radius 2 is 2.30 bits per heavy atom. The molecular formula is C14H21N5O. The highest BCUT2D eigenvalue weighted by molar-refractivity contribution is 5.80. The Morgan fingerprint density at radius 1 is 1.40 bits per heavy atom. The van der Waals surface area contributed by atoms with Crippen LogP contribution in [0.5, 0.6) is 5.88 Å². The van der Waals surface area contributed by atoms with Gasteiger partial charge >= 0.3 is 0 Å². The molecule has 0 bridgehead atoms. The lowest BCUT2D eigenvalue weighted by Crippen LogP contribution is -2.25. The molecule has 20 heavy (non-hydrogen) atoms. The van der Waals surface area contributed by atoms with Crippen molar-refractivity contribution in [2.75, 3.05) is 12.4 Å². The zero-order valence-corrected chi connectivity index (χ0v) is 12.0. The monoisotopic (exact) mass is 275 g/mol. The van der Waals surface area contributed by atoms with Crippen molar-refractivity contribution in [3.05, 3.63) is 6.20 Å². The van der Waals surface area contributed by atoms with Crippen molar-refractivity contribution >= 4 is 17.0 Å². The first-order valence-electron chi connectivity index (χ1n) is 7.35. The number of nitrogens with zero attached hydrogens (tertiary/aromatic N) is 3. The lowest BCUT2D eigenvalue weighted by Gasteiger charge is -2.28. The third-order valence-electron chi connectivity index (χ3n) is 4.09. The number of H-pyrrole nitrogens is 1. The minimum Gasteiger partial charge on any atom is -0.474 e. The van der Waals surface area contributed by atoms with E-state index in [4.69, 9.17) is 4.74 Å². The highest BCUT2D eigenvalue weighted by Gasteiger charge is 2.23. The Labute approximate surface area is 118 Å². The molecule has 2 N–H and O–H groups in total. The fraction of sp³-hybridized carbons (Fsp3) is 0.643. The molecule has 2 heterocycles. The molecule has 0 spiro atoms. The van der Waals surface area contributed by atoms with Crippen LogP contribution in [-0.2, 0) is 0 Å². The van der Waals surface area contributed by atoms with Gasteiger partial charge in [0.05, 0.1) is 6.20 Å². The van der Waals surface area contributed by atoms with E-state index in [1.54, 1.807) is 13.2 Å². The van der Waals surface area contributed by atoms with E-state index in [2.05, 4.69) is 32.4 Å². The molecular weight excluding hydrogens is 254 g/mol. The second kappa shape index (κ2) is 5.64. The van der Waals surface area contributed by atoms with Crippen LogP contribution in [0.2, 0.25) is 0 Å². The number of hydrogen-bond acceptors (Lipinski definition) is 5. The number of rotatable bonds is 4. The van der Waals surface area contributed by atoms with Crippen molar-refractivity contribution in [1.82, 2.24) is 20.2 Å². The molecule has 108 valence electrons. The molecule has 2 atom stereocenters. The van der Waals surface area contributed by atoms with Gasteiger partial charge in [-0.05, 0) is 25.2 Å². The Bertz CT molecular complexity index is 582. The maximum atomic E-state index is 6.15. The lowest BCUT2D eigenvalue weighted by molar-refractivity contribution is 0.119. The average molecular weight is 275 g/mol. The van der Waals surface area contributed by atoms with Crippen molar-refractivity contribution in [3.8, 4) is 5.88 Å². The van der Waals surface area contributed by atoms with Crippen molar-refractivity contribution in [3.63, 3.8) is 0 Å². The topological polar surface area (TPSA) is 75.7 Å². The number of anilines is 1. The Morgan fingerprint density at radius 3 is 3.10 bits per heavy atom. The van der Waals surface area contributed by atoms with Gasteiger partial charge in [0.2, 0.25) is 11.8 Å². The van der Waals surface area contributed by atoms with Gasteiger partial charge in [-0.15, -0.1) is 0 Å². The van der Waals surface area contributed by atoms with Crippen LogP contribution in [0.3, 0.4) is 0 Å². The molecule has 0 amide bonds. The van der Waals surface area contributed by atoms with E-state index in [0.717, 1.165) is 24.1 Å². The second-order valence-corrected chi connectivity index (χ2v) is 5.42. The van der Waals surface area contributed by atoms with Gasteiger partial charge in [-0.25, -0.2) is 0 Å². The van der Waals surface area contributed by atoms with E-state index >= 15 is 0 Å². The predicted molar refractivity (Wildman–Crippen MR) is 77.9 cm³/mol. The van der Waals surface area contributed by atoms with Crippen LogP contribution in [0.15, 0.2) is 6.20 Å². The molecule has 0 aromatic carbocycles. The van der Waals surface area contributed by atoms with E-state index in [1.165, 1.54) is 19.3 Å². The van der Waals surface area contributed by atoms with Crippen LogP contribution < -0.4 is 10.1 Å². The summed E-state index contributed by atoms with van der Waals surface area (Å²) >= 11 is 0. The molecule has 0 aliphatic heterocycles. The summed E-state index contributed by atoms with van der Waals surface area (Å²) in [6.07, 6.45) is 8.00. The predicted octanol–water partition coefficient (Wildman–Crippen LogP) is 2.74. The van der Waals surface area contributed by atoms with Crippen molar-refractivity contribution in [2.24, 2.45) is 5.92 Å².